The number of rotatable bonds is 5. The first-order chi connectivity index (χ1) is 16.4. The molecule has 0 spiro atoms. The Hall–Kier alpha value is -3.53. The zero-order chi connectivity index (χ0) is 25.5. The molecular weight excluding hydrogens is 469 g/mol. The van der Waals surface area contributed by atoms with Crippen LogP contribution in [0.4, 0.5) is 16.0 Å². The summed E-state index contributed by atoms with van der Waals surface area (Å²) < 4.78 is 42.0. The topological polar surface area (TPSA) is 118 Å². The molecule has 35 heavy (non-hydrogen) atoms. The number of nitrogen functional groups attached to an aromatic ring is 1. The number of amides is 1. The molecule has 8 nitrogen and oxygen atoms in total. The average molecular weight is 498 g/mol. The molecule has 1 aliphatic heterocycles. The number of carbonyl (C=O) groups excluding carboxylic acids is 1. The maximum Gasteiger partial charge on any atom is 0.268 e. The van der Waals surface area contributed by atoms with E-state index in [0.717, 1.165) is 12.0 Å². The zero-order valence-corrected chi connectivity index (χ0v) is 20.9. The number of halogens is 1. The van der Waals surface area contributed by atoms with Crippen LogP contribution in [0.15, 0.2) is 53.6 Å². The minimum Gasteiger partial charge on any atom is -0.383 e. The first kappa shape index (κ1) is 24.6. The van der Waals surface area contributed by atoms with E-state index in [-0.39, 0.29) is 27.6 Å². The number of aryl methyl sites for hydroxylation is 1. The average Bonchev–Trinajstić information content (AvgIpc) is 3.04. The fourth-order valence-electron chi connectivity index (χ4n) is 4.70. The number of anilines is 2. The molecule has 184 valence electrons. The molecule has 0 radical (unpaired) electrons. The Morgan fingerprint density at radius 3 is 2.60 bits per heavy atom. The summed E-state index contributed by atoms with van der Waals surface area (Å²) in [4.78, 5) is 23.5. The van der Waals surface area contributed by atoms with Crippen LogP contribution in [-0.4, -0.2) is 36.4 Å². The summed E-state index contributed by atoms with van der Waals surface area (Å²) >= 11 is 0. The van der Waals surface area contributed by atoms with Crippen LogP contribution in [0.3, 0.4) is 0 Å². The number of carbonyl (C=O) groups is 1. The van der Waals surface area contributed by atoms with Crippen LogP contribution in [-0.2, 0) is 10.0 Å². The lowest BCUT2D eigenvalue weighted by Gasteiger charge is -2.34. The van der Waals surface area contributed by atoms with Crippen LogP contribution >= 0.6 is 0 Å². The zero-order valence-electron chi connectivity index (χ0n) is 20.0. The van der Waals surface area contributed by atoms with Gasteiger partial charge in [-0.3, -0.25) is 4.79 Å². The molecule has 3 N–H and O–H groups in total. The first-order valence-electron chi connectivity index (χ1n) is 11.2. The molecule has 1 aliphatic rings. The highest BCUT2D eigenvalue weighted by molar-refractivity contribution is 7.90. The lowest BCUT2D eigenvalue weighted by atomic mass is 9.97. The normalized spacial score (nSPS) is 17.4. The fourth-order valence-corrected chi connectivity index (χ4v) is 5.75. The molecule has 10 heteroatoms. The van der Waals surface area contributed by atoms with Crippen LogP contribution in [0, 0.1) is 18.7 Å². The Morgan fingerprint density at radius 1 is 1.23 bits per heavy atom. The number of pyridine rings is 2. The van der Waals surface area contributed by atoms with Crippen molar-refractivity contribution in [1.82, 2.24) is 14.7 Å². The predicted molar refractivity (Wildman–Crippen MR) is 133 cm³/mol. The third-order valence-corrected chi connectivity index (χ3v) is 7.48. The highest BCUT2D eigenvalue weighted by atomic mass is 32.2. The van der Waals surface area contributed by atoms with Crippen LogP contribution in [0.25, 0.3) is 11.3 Å². The van der Waals surface area contributed by atoms with Crippen molar-refractivity contribution >= 4 is 27.6 Å². The molecule has 3 heterocycles. The van der Waals surface area contributed by atoms with Gasteiger partial charge in [0.15, 0.2) is 0 Å². The molecule has 0 unspecified atom stereocenters. The molecule has 2 aromatic heterocycles. The van der Waals surface area contributed by atoms with E-state index in [1.165, 1.54) is 36.5 Å². The van der Waals surface area contributed by atoms with Gasteiger partial charge in [-0.25, -0.2) is 27.5 Å². The Kier molecular flexibility index (Phi) is 6.27. The summed E-state index contributed by atoms with van der Waals surface area (Å²) in [5.74, 6) is -0.765. The van der Waals surface area contributed by atoms with Gasteiger partial charge in [-0.15, -0.1) is 0 Å². The highest BCUT2D eigenvalue weighted by Crippen LogP contribution is 2.38. The summed E-state index contributed by atoms with van der Waals surface area (Å²) in [6, 6.07) is 10.4. The maximum atomic E-state index is 14.1. The van der Waals surface area contributed by atoms with Gasteiger partial charge < -0.3 is 10.6 Å². The van der Waals surface area contributed by atoms with Gasteiger partial charge in [0, 0.05) is 23.8 Å². The third kappa shape index (κ3) is 4.97. The second-order valence-corrected chi connectivity index (χ2v) is 11.3. The van der Waals surface area contributed by atoms with Crippen molar-refractivity contribution in [2.24, 2.45) is 5.92 Å². The van der Waals surface area contributed by atoms with Crippen LogP contribution in [0.1, 0.15) is 43.1 Å². The molecule has 0 saturated carbocycles. The maximum absolute atomic E-state index is 14.1. The number of nitrogens with one attached hydrogen (secondary N) is 1. The van der Waals surface area contributed by atoms with Crippen molar-refractivity contribution in [1.29, 1.82) is 0 Å². The first-order valence-corrected chi connectivity index (χ1v) is 12.7. The van der Waals surface area contributed by atoms with E-state index in [9.17, 15) is 17.6 Å². The van der Waals surface area contributed by atoms with Crippen LogP contribution in [0.2, 0.25) is 0 Å². The molecule has 3 aromatic rings. The van der Waals surface area contributed by atoms with Crippen LogP contribution < -0.4 is 15.4 Å². The Balaban J connectivity index is 1.80. The van der Waals surface area contributed by atoms with Crippen molar-refractivity contribution in [2.45, 2.75) is 44.6 Å². The number of hydrogen-bond acceptors (Lipinski definition) is 7. The summed E-state index contributed by atoms with van der Waals surface area (Å²) in [5, 5.41) is 0. The van der Waals surface area contributed by atoms with Gasteiger partial charge in [-0.05, 0) is 81.1 Å². The lowest BCUT2D eigenvalue weighted by Crippen LogP contribution is -2.41. The van der Waals surface area contributed by atoms with E-state index in [4.69, 9.17) is 10.7 Å². The summed E-state index contributed by atoms with van der Waals surface area (Å²) in [7, 11) is -4.27. The van der Waals surface area contributed by atoms with E-state index >= 15 is 0 Å². The number of benzene rings is 1. The van der Waals surface area contributed by atoms with Gasteiger partial charge in [0.05, 0.1) is 11.3 Å². The lowest BCUT2D eigenvalue weighted by molar-refractivity contribution is 0.0981. The van der Waals surface area contributed by atoms with Crippen LogP contribution in [0.5, 0.6) is 0 Å². The summed E-state index contributed by atoms with van der Waals surface area (Å²) in [6.07, 6.45) is 2.23. The minimum absolute atomic E-state index is 0.0927. The Labute approximate surface area is 204 Å². The Morgan fingerprint density at radius 2 is 1.97 bits per heavy atom. The molecular formula is C25H28FN5O3S. The van der Waals surface area contributed by atoms with Gasteiger partial charge in [-0.2, -0.15) is 0 Å². The molecule has 0 bridgehead atoms. The molecule has 1 saturated heterocycles. The van der Waals surface area contributed by atoms with Crippen molar-refractivity contribution in [3.63, 3.8) is 0 Å². The van der Waals surface area contributed by atoms with Crippen molar-refractivity contribution in [3.05, 3.63) is 65.6 Å². The quantitative estimate of drug-likeness (QED) is 0.548. The summed E-state index contributed by atoms with van der Waals surface area (Å²) in [5.41, 5.74) is 7.26. The molecule has 1 amide bonds. The van der Waals surface area contributed by atoms with Crippen molar-refractivity contribution < 1.29 is 17.6 Å². The SMILES string of the molecule is Cc1cc(F)cc(-c2ccc(C(=O)NS(=O)(=O)c3cccnc3N)c(N3C[C@@H](C)CC3(C)C)n2)c1. The molecule has 0 aliphatic carbocycles. The van der Waals surface area contributed by atoms with E-state index in [2.05, 4.69) is 16.6 Å². The van der Waals surface area contributed by atoms with Gasteiger partial charge in [-0.1, -0.05) is 6.92 Å². The number of sulfonamides is 1. The van der Waals surface area contributed by atoms with Gasteiger partial charge in [0.1, 0.15) is 22.3 Å². The molecule has 1 atom stereocenters. The van der Waals surface area contributed by atoms with Gasteiger partial charge >= 0.3 is 0 Å². The molecule has 1 aromatic carbocycles. The second-order valence-electron chi connectivity index (χ2n) is 9.64. The molecule has 4 rings (SSSR count). The Bertz CT molecular complexity index is 1390. The van der Waals surface area contributed by atoms with E-state index in [0.29, 0.717) is 29.5 Å². The van der Waals surface area contributed by atoms with Gasteiger partial charge in [0.25, 0.3) is 15.9 Å². The number of nitrogens with zero attached hydrogens (tertiary/aromatic N) is 3. The van der Waals surface area contributed by atoms with E-state index in [1.54, 1.807) is 13.0 Å². The van der Waals surface area contributed by atoms with E-state index in [1.807, 2.05) is 24.8 Å². The standard InChI is InChI=1S/C25H28FN5O3S/c1-15-10-17(12-18(26)11-15)20-8-7-19(23(29-20)31-14-16(2)13-25(31,3)4)24(32)30-35(33,34)21-6-5-9-28-22(21)27/h5-12,16H,13-14H2,1-4H3,(H2,27,28)(H,30,32)/t16-/m0/s1. The highest BCUT2D eigenvalue weighted by Gasteiger charge is 2.39. The van der Waals surface area contributed by atoms with Crippen molar-refractivity contribution in [2.75, 3.05) is 17.2 Å². The number of aromatic nitrogens is 2. The summed E-state index contributed by atoms with van der Waals surface area (Å²) in [6.45, 7) is 8.62. The largest absolute Gasteiger partial charge is 0.383 e. The monoisotopic (exact) mass is 497 g/mol. The smallest absolute Gasteiger partial charge is 0.268 e. The second kappa shape index (κ2) is 8.92. The molecule has 1 fully saturated rings. The van der Waals surface area contributed by atoms with Gasteiger partial charge in [0.2, 0.25) is 0 Å². The fraction of sp³-hybridized carbons (Fsp3) is 0.320. The van der Waals surface area contributed by atoms with E-state index < -0.39 is 15.9 Å². The number of hydrogen-bond donors (Lipinski definition) is 2. The third-order valence-electron chi connectivity index (χ3n) is 6.10. The van der Waals surface area contributed by atoms with Crippen molar-refractivity contribution in [3.8, 4) is 11.3 Å². The number of nitrogens with two attached hydrogens (primary N) is 1. The predicted octanol–water partition coefficient (Wildman–Crippen LogP) is 3.92. The minimum atomic E-state index is -4.27.